The van der Waals surface area contributed by atoms with Crippen molar-refractivity contribution in [1.29, 1.82) is 0 Å². The van der Waals surface area contributed by atoms with Crippen molar-refractivity contribution in [2.45, 2.75) is 38.3 Å². The standard InChI is InChI=1S/C10H14N2/c1-6-2-8-3-7(1)5-10(8,4-6)9-11-12-9/h6-9H,1-5H2. The highest BCUT2D eigenvalue weighted by atomic mass is 15.4. The van der Waals surface area contributed by atoms with E-state index in [1.807, 2.05) is 0 Å². The average Bonchev–Trinajstić information content (AvgIpc) is 2.78. The van der Waals surface area contributed by atoms with Crippen LogP contribution in [0.1, 0.15) is 32.1 Å². The molecule has 1 heterocycles. The zero-order valence-corrected chi connectivity index (χ0v) is 7.24. The van der Waals surface area contributed by atoms with E-state index in [-0.39, 0.29) is 0 Å². The van der Waals surface area contributed by atoms with E-state index in [4.69, 9.17) is 0 Å². The smallest absolute Gasteiger partial charge is 0.162 e. The minimum atomic E-state index is 0.456. The van der Waals surface area contributed by atoms with E-state index in [1.165, 1.54) is 32.1 Å². The van der Waals surface area contributed by atoms with Crippen LogP contribution in [0.25, 0.3) is 0 Å². The van der Waals surface area contributed by atoms with Gasteiger partial charge in [-0.15, -0.1) is 0 Å². The van der Waals surface area contributed by atoms with Crippen LogP contribution in [0.2, 0.25) is 0 Å². The summed E-state index contributed by atoms with van der Waals surface area (Å²) in [5, 5.41) is 8.40. The average molecular weight is 162 g/mol. The number of hydrogen-bond acceptors (Lipinski definition) is 2. The molecule has 4 aliphatic carbocycles. The van der Waals surface area contributed by atoms with Gasteiger partial charge in [0.2, 0.25) is 0 Å². The summed E-state index contributed by atoms with van der Waals surface area (Å²) in [4.78, 5) is 0. The zero-order chi connectivity index (χ0) is 7.76. The van der Waals surface area contributed by atoms with Crippen LogP contribution in [-0.4, -0.2) is 6.17 Å². The van der Waals surface area contributed by atoms with E-state index in [0.29, 0.717) is 11.6 Å². The molecule has 0 amide bonds. The molecule has 1 aliphatic heterocycles. The Balaban J connectivity index is 1.79. The first kappa shape index (κ1) is 6.11. The van der Waals surface area contributed by atoms with Gasteiger partial charge in [0.25, 0.3) is 0 Å². The molecular formula is C10H14N2. The molecule has 0 aromatic carbocycles. The molecule has 64 valence electrons. The highest BCUT2D eigenvalue weighted by molar-refractivity contribution is 5.13. The fraction of sp³-hybridized carbons (Fsp3) is 1.00. The minimum Gasteiger partial charge on any atom is -0.162 e. The lowest BCUT2D eigenvalue weighted by Crippen LogP contribution is -2.28. The summed E-state index contributed by atoms with van der Waals surface area (Å²) in [5.74, 6) is 3.14. The molecule has 0 aromatic heterocycles. The third kappa shape index (κ3) is 0.530. The van der Waals surface area contributed by atoms with E-state index in [2.05, 4.69) is 10.2 Å². The van der Waals surface area contributed by atoms with E-state index in [0.717, 1.165) is 17.8 Å². The molecule has 12 heavy (non-hydrogen) atoms. The molecule has 4 bridgehead atoms. The van der Waals surface area contributed by atoms with Crippen LogP contribution in [0.15, 0.2) is 10.2 Å². The molecule has 5 rings (SSSR count). The Morgan fingerprint density at radius 2 is 1.58 bits per heavy atom. The van der Waals surface area contributed by atoms with E-state index in [1.54, 1.807) is 0 Å². The molecule has 2 heteroatoms. The van der Waals surface area contributed by atoms with E-state index < -0.39 is 0 Å². The van der Waals surface area contributed by atoms with Crippen molar-refractivity contribution in [3.63, 3.8) is 0 Å². The van der Waals surface area contributed by atoms with Crippen LogP contribution in [0, 0.1) is 23.2 Å². The fourth-order valence-electron chi connectivity index (χ4n) is 4.54. The second-order valence-electron chi connectivity index (χ2n) is 5.38. The second-order valence-corrected chi connectivity index (χ2v) is 5.38. The molecular weight excluding hydrogens is 148 g/mol. The quantitative estimate of drug-likeness (QED) is 0.566. The van der Waals surface area contributed by atoms with Gasteiger partial charge >= 0.3 is 0 Å². The van der Waals surface area contributed by atoms with E-state index >= 15 is 0 Å². The summed E-state index contributed by atoms with van der Waals surface area (Å²) in [6.45, 7) is 0. The topological polar surface area (TPSA) is 24.7 Å². The maximum atomic E-state index is 4.20. The van der Waals surface area contributed by atoms with Crippen molar-refractivity contribution in [1.82, 2.24) is 0 Å². The van der Waals surface area contributed by atoms with Crippen LogP contribution < -0.4 is 0 Å². The Morgan fingerprint density at radius 3 is 2.17 bits per heavy atom. The van der Waals surface area contributed by atoms with Gasteiger partial charge in [-0.1, -0.05) is 0 Å². The molecule has 0 spiro atoms. The normalized spacial score (nSPS) is 60.2. The summed E-state index contributed by atoms with van der Waals surface area (Å²) in [6.07, 6.45) is 7.94. The first-order valence-corrected chi connectivity index (χ1v) is 5.27. The van der Waals surface area contributed by atoms with Crippen molar-refractivity contribution in [3.8, 4) is 0 Å². The predicted octanol–water partition coefficient (Wildman–Crippen LogP) is 2.60. The lowest BCUT2D eigenvalue weighted by Gasteiger charge is -2.30. The van der Waals surface area contributed by atoms with Crippen molar-refractivity contribution >= 4 is 0 Å². The molecule has 2 unspecified atom stereocenters. The van der Waals surface area contributed by atoms with Gasteiger partial charge < -0.3 is 0 Å². The molecule has 2 nitrogen and oxygen atoms in total. The van der Waals surface area contributed by atoms with Crippen molar-refractivity contribution in [2.75, 3.05) is 0 Å². The minimum absolute atomic E-state index is 0.456. The molecule has 0 N–H and O–H groups in total. The molecule has 5 aliphatic rings. The first-order valence-electron chi connectivity index (χ1n) is 5.27. The number of nitrogens with zero attached hydrogens (tertiary/aromatic N) is 2. The molecule has 2 atom stereocenters. The third-order valence-corrected chi connectivity index (χ3v) is 4.80. The Morgan fingerprint density at radius 1 is 0.917 bits per heavy atom. The van der Waals surface area contributed by atoms with Crippen LogP contribution in [0.4, 0.5) is 0 Å². The molecule has 4 saturated carbocycles. The third-order valence-electron chi connectivity index (χ3n) is 4.80. The van der Waals surface area contributed by atoms with Crippen LogP contribution in [0.5, 0.6) is 0 Å². The molecule has 0 saturated heterocycles. The van der Waals surface area contributed by atoms with Gasteiger partial charge in [-0.2, -0.15) is 10.2 Å². The number of hydrogen-bond donors (Lipinski definition) is 0. The predicted molar refractivity (Wildman–Crippen MR) is 44.6 cm³/mol. The van der Waals surface area contributed by atoms with Crippen molar-refractivity contribution in [2.24, 2.45) is 33.4 Å². The summed E-state index contributed by atoms with van der Waals surface area (Å²) >= 11 is 0. The van der Waals surface area contributed by atoms with Gasteiger partial charge in [-0.05, 0) is 49.9 Å². The second kappa shape index (κ2) is 1.61. The Labute approximate surface area is 72.4 Å². The van der Waals surface area contributed by atoms with Crippen molar-refractivity contribution in [3.05, 3.63) is 0 Å². The maximum absolute atomic E-state index is 4.20. The molecule has 4 fully saturated rings. The van der Waals surface area contributed by atoms with Gasteiger partial charge in [-0.25, -0.2) is 0 Å². The van der Waals surface area contributed by atoms with Crippen molar-refractivity contribution < 1.29 is 0 Å². The summed E-state index contributed by atoms with van der Waals surface area (Å²) in [5.41, 5.74) is 0.605. The Bertz CT molecular complexity index is 251. The van der Waals surface area contributed by atoms with Crippen LogP contribution in [0.3, 0.4) is 0 Å². The van der Waals surface area contributed by atoms with Crippen LogP contribution in [-0.2, 0) is 0 Å². The Hall–Kier alpha value is -0.400. The molecule has 0 radical (unpaired) electrons. The first-order chi connectivity index (χ1) is 5.87. The van der Waals surface area contributed by atoms with Gasteiger partial charge in [-0.3, -0.25) is 0 Å². The van der Waals surface area contributed by atoms with Gasteiger partial charge in [0, 0.05) is 5.41 Å². The summed E-state index contributed by atoms with van der Waals surface area (Å²) in [7, 11) is 0. The monoisotopic (exact) mass is 162 g/mol. The maximum Gasteiger partial charge on any atom is 0.186 e. The highest BCUT2D eigenvalue weighted by Crippen LogP contribution is 2.68. The van der Waals surface area contributed by atoms with Gasteiger partial charge in [0.1, 0.15) is 0 Å². The zero-order valence-electron chi connectivity index (χ0n) is 7.24. The SMILES string of the molecule is C1C2CC3CC1CC3(C1N=N1)C2. The molecule has 0 aromatic rings. The fourth-order valence-corrected chi connectivity index (χ4v) is 4.54. The lowest BCUT2D eigenvalue weighted by atomic mass is 9.74. The highest BCUT2D eigenvalue weighted by Gasteiger charge is 2.63. The summed E-state index contributed by atoms with van der Waals surface area (Å²) < 4.78 is 0. The van der Waals surface area contributed by atoms with Gasteiger partial charge in [0.15, 0.2) is 6.17 Å². The number of rotatable bonds is 1. The van der Waals surface area contributed by atoms with E-state index in [9.17, 15) is 0 Å². The summed E-state index contributed by atoms with van der Waals surface area (Å²) in [6, 6.07) is 0. The van der Waals surface area contributed by atoms with Crippen LogP contribution >= 0.6 is 0 Å². The lowest BCUT2D eigenvalue weighted by molar-refractivity contribution is 0.191. The largest absolute Gasteiger partial charge is 0.186 e. The van der Waals surface area contributed by atoms with Gasteiger partial charge in [0.05, 0.1) is 0 Å². The Kier molecular flexibility index (Phi) is 0.823.